The molecule has 2 unspecified atom stereocenters. The molecule has 248 valence electrons. The third kappa shape index (κ3) is 32.9. The van der Waals surface area contributed by atoms with E-state index in [1.165, 1.54) is 167 Å². The summed E-state index contributed by atoms with van der Waals surface area (Å²) in [5.74, 6) is 0.574. The number of phosphoric acid groups is 1. The molecule has 0 amide bonds. The van der Waals surface area contributed by atoms with Gasteiger partial charge in [-0.3, -0.25) is 9.05 Å². The lowest BCUT2D eigenvalue weighted by Crippen LogP contribution is -2.09. The van der Waals surface area contributed by atoms with Crippen LogP contribution in [-0.2, 0) is 13.6 Å². The Labute approximate surface area is 258 Å². The normalized spacial score (nSPS) is 14.8. The van der Waals surface area contributed by atoms with E-state index in [0.29, 0.717) is 13.2 Å². The lowest BCUT2D eigenvalue weighted by Gasteiger charge is -2.18. The highest BCUT2D eigenvalue weighted by Gasteiger charge is 2.23. The van der Waals surface area contributed by atoms with Crippen molar-refractivity contribution in [3.63, 3.8) is 0 Å². The van der Waals surface area contributed by atoms with Gasteiger partial charge in [0.05, 0.1) is 13.2 Å². The molecule has 41 heavy (non-hydrogen) atoms. The van der Waals surface area contributed by atoms with E-state index in [1.54, 1.807) is 0 Å². The Bertz CT molecular complexity index is 512. The van der Waals surface area contributed by atoms with Gasteiger partial charge in [-0.2, -0.15) is 0 Å². The van der Waals surface area contributed by atoms with E-state index in [0.717, 1.165) is 12.8 Å². The van der Waals surface area contributed by atoms with Gasteiger partial charge in [0.25, 0.3) is 0 Å². The van der Waals surface area contributed by atoms with E-state index < -0.39 is 7.82 Å². The topological polar surface area (TPSA) is 55.8 Å². The minimum atomic E-state index is -3.94. The molecule has 0 heterocycles. The minimum absolute atomic E-state index is 0.287. The van der Waals surface area contributed by atoms with Gasteiger partial charge in [-0.05, 0) is 24.7 Å². The Morgan fingerprint density at radius 3 is 0.902 bits per heavy atom. The highest BCUT2D eigenvalue weighted by Crippen LogP contribution is 2.44. The van der Waals surface area contributed by atoms with Crippen LogP contribution in [0.4, 0.5) is 0 Å². The zero-order valence-electron chi connectivity index (χ0n) is 28.5. The zero-order valence-corrected chi connectivity index (χ0v) is 29.4. The molecule has 1 N–H and O–H groups in total. The summed E-state index contributed by atoms with van der Waals surface area (Å²) in [5, 5.41) is 0. The average molecular weight is 603 g/mol. The monoisotopic (exact) mass is 603 g/mol. The molecule has 0 bridgehead atoms. The van der Waals surface area contributed by atoms with E-state index in [4.69, 9.17) is 9.05 Å². The van der Waals surface area contributed by atoms with E-state index in [9.17, 15) is 9.46 Å². The van der Waals surface area contributed by atoms with Crippen LogP contribution >= 0.6 is 7.82 Å². The summed E-state index contributed by atoms with van der Waals surface area (Å²) < 4.78 is 22.9. The van der Waals surface area contributed by atoms with Crippen LogP contribution in [0.15, 0.2) is 0 Å². The van der Waals surface area contributed by atoms with Gasteiger partial charge < -0.3 is 4.89 Å². The maximum Gasteiger partial charge on any atom is 0.472 e. The number of hydrogen-bond donors (Lipinski definition) is 1. The first-order chi connectivity index (χ1) is 19.9. The summed E-state index contributed by atoms with van der Waals surface area (Å²) in [5.41, 5.74) is 0. The predicted molar refractivity (Wildman–Crippen MR) is 181 cm³/mol. The largest absolute Gasteiger partial charge is 0.472 e. The summed E-state index contributed by atoms with van der Waals surface area (Å²) >= 11 is 0. The van der Waals surface area contributed by atoms with Gasteiger partial charge in [-0.1, -0.05) is 195 Å². The summed E-state index contributed by atoms with van der Waals surface area (Å²) in [6.07, 6.45) is 37.4. The van der Waals surface area contributed by atoms with Crippen LogP contribution in [0.3, 0.4) is 0 Å². The minimum Gasteiger partial charge on any atom is -0.302 e. The second-order valence-corrected chi connectivity index (χ2v) is 14.8. The fraction of sp³-hybridized carbons (Fsp3) is 1.00. The first kappa shape index (κ1) is 41.1. The molecule has 4 nitrogen and oxygen atoms in total. The van der Waals surface area contributed by atoms with Crippen LogP contribution in [0.1, 0.15) is 207 Å². The Morgan fingerprint density at radius 2 is 0.659 bits per heavy atom. The predicted octanol–water partition coefficient (Wildman–Crippen LogP) is 13.4. The van der Waals surface area contributed by atoms with E-state index in [-0.39, 0.29) is 11.8 Å². The van der Waals surface area contributed by atoms with Crippen molar-refractivity contribution >= 4 is 7.82 Å². The molecule has 0 aromatic rings. The third-order valence-corrected chi connectivity index (χ3v) is 9.60. The molecule has 0 aromatic heterocycles. The lowest BCUT2D eigenvalue weighted by atomic mass is 10.0. The van der Waals surface area contributed by atoms with Crippen LogP contribution in [-0.4, -0.2) is 18.1 Å². The summed E-state index contributed by atoms with van der Waals surface area (Å²) in [6, 6.07) is 0. The van der Waals surface area contributed by atoms with Crippen molar-refractivity contribution in [1.29, 1.82) is 0 Å². The van der Waals surface area contributed by atoms with E-state index in [2.05, 4.69) is 27.7 Å². The Morgan fingerprint density at radius 1 is 0.439 bits per heavy atom. The highest BCUT2D eigenvalue weighted by atomic mass is 31.2. The molecule has 2 atom stereocenters. The maximum atomic E-state index is 12.3. The molecule has 0 aliphatic heterocycles. The van der Waals surface area contributed by atoms with Crippen molar-refractivity contribution in [2.75, 3.05) is 13.2 Å². The molecule has 0 fully saturated rings. The molecule has 0 radical (unpaired) electrons. The number of rotatable bonds is 34. The van der Waals surface area contributed by atoms with E-state index in [1.807, 2.05) is 0 Å². The van der Waals surface area contributed by atoms with Gasteiger partial charge in [0.15, 0.2) is 0 Å². The Kier molecular flexibility index (Phi) is 31.6. The van der Waals surface area contributed by atoms with Crippen molar-refractivity contribution < 1.29 is 18.5 Å². The molecule has 0 aliphatic carbocycles. The lowest BCUT2D eigenvalue weighted by molar-refractivity contribution is 0.117. The molecular weight excluding hydrogens is 527 g/mol. The van der Waals surface area contributed by atoms with Crippen LogP contribution in [0.5, 0.6) is 0 Å². The van der Waals surface area contributed by atoms with Crippen LogP contribution in [0.25, 0.3) is 0 Å². The molecule has 5 heteroatoms. The van der Waals surface area contributed by atoms with Gasteiger partial charge in [0.1, 0.15) is 0 Å². The Balaban J connectivity index is 3.52. The zero-order chi connectivity index (χ0) is 30.3. The SMILES string of the molecule is CCCCCCCCCCCCCCCC(C)COP(=O)(O)OCC(C)CCCCCCCCCCCCCCC. The molecule has 0 spiro atoms. The van der Waals surface area contributed by atoms with Gasteiger partial charge in [0, 0.05) is 0 Å². The van der Waals surface area contributed by atoms with Gasteiger partial charge >= 0.3 is 7.82 Å². The van der Waals surface area contributed by atoms with E-state index >= 15 is 0 Å². The summed E-state index contributed by atoms with van der Waals surface area (Å²) in [4.78, 5) is 10.1. The third-order valence-electron chi connectivity index (χ3n) is 8.65. The quantitative estimate of drug-likeness (QED) is 0.0588. The second-order valence-electron chi connectivity index (χ2n) is 13.3. The van der Waals surface area contributed by atoms with Gasteiger partial charge in [-0.25, -0.2) is 4.57 Å². The van der Waals surface area contributed by atoms with Crippen molar-refractivity contribution in [3.05, 3.63) is 0 Å². The van der Waals surface area contributed by atoms with Crippen molar-refractivity contribution in [2.24, 2.45) is 11.8 Å². The molecule has 0 saturated carbocycles. The standard InChI is InChI=1S/C36H75O4P/c1-5-7-9-11-13-15-17-19-21-23-25-27-29-31-35(3)33-39-41(37,38)40-34-36(4)32-30-28-26-24-22-20-18-16-14-12-10-8-6-2/h35-36H,5-34H2,1-4H3,(H,37,38). The summed E-state index contributed by atoms with van der Waals surface area (Å²) in [7, 11) is -3.94. The molecule has 0 saturated heterocycles. The molecular formula is C36H75O4P. The van der Waals surface area contributed by atoms with Crippen LogP contribution < -0.4 is 0 Å². The second kappa shape index (κ2) is 31.5. The first-order valence-electron chi connectivity index (χ1n) is 18.5. The first-order valence-corrected chi connectivity index (χ1v) is 20.0. The fourth-order valence-electron chi connectivity index (χ4n) is 5.67. The van der Waals surface area contributed by atoms with Crippen LogP contribution in [0, 0.1) is 11.8 Å². The molecule has 0 aliphatic rings. The van der Waals surface area contributed by atoms with Crippen molar-refractivity contribution in [3.8, 4) is 0 Å². The van der Waals surface area contributed by atoms with Crippen LogP contribution in [0.2, 0.25) is 0 Å². The Hall–Kier alpha value is 0.110. The van der Waals surface area contributed by atoms with Crippen molar-refractivity contribution in [2.45, 2.75) is 207 Å². The van der Waals surface area contributed by atoms with Gasteiger partial charge in [0.2, 0.25) is 0 Å². The molecule has 0 rings (SSSR count). The summed E-state index contributed by atoms with van der Waals surface area (Å²) in [6.45, 7) is 9.38. The number of unbranched alkanes of at least 4 members (excludes halogenated alkanes) is 24. The fourth-order valence-corrected chi connectivity index (χ4v) is 6.63. The highest BCUT2D eigenvalue weighted by molar-refractivity contribution is 7.47. The smallest absolute Gasteiger partial charge is 0.302 e. The number of hydrogen-bond acceptors (Lipinski definition) is 3. The average Bonchev–Trinajstić information content (AvgIpc) is 2.96. The van der Waals surface area contributed by atoms with Gasteiger partial charge in [-0.15, -0.1) is 0 Å². The molecule has 0 aromatic carbocycles. The maximum absolute atomic E-state index is 12.3. The van der Waals surface area contributed by atoms with Crippen molar-refractivity contribution in [1.82, 2.24) is 0 Å². The number of phosphoric ester groups is 1.